The minimum absolute atomic E-state index is 0.0533. The van der Waals surface area contributed by atoms with Gasteiger partial charge in [-0.3, -0.25) is 9.69 Å². The first-order chi connectivity index (χ1) is 19.1. The van der Waals surface area contributed by atoms with Crippen molar-refractivity contribution in [3.8, 4) is 0 Å². The number of amides is 3. The normalized spacial score (nSPS) is 13.9. The van der Waals surface area contributed by atoms with E-state index < -0.39 is 36.2 Å². The number of carboxylic acids is 1. The van der Waals surface area contributed by atoms with E-state index >= 15 is 0 Å². The van der Waals surface area contributed by atoms with Gasteiger partial charge in [0.15, 0.2) is 0 Å². The molecule has 0 heterocycles. The molecule has 7 nitrogen and oxygen atoms in total. The number of alkyl halides is 2. The monoisotopic (exact) mass is 553 g/mol. The van der Waals surface area contributed by atoms with Crippen LogP contribution in [0.2, 0.25) is 0 Å². The fourth-order valence-electron chi connectivity index (χ4n) is 4.71. The fourth-order valence-corrected chi connectivity index (χ4v) is 4.71. The van der Waals surface area contributed by atoms with E-state index in [4.69, 9.17) is 5.11 Å². The van der Waals surface area contributed by atoms with E-state index in [-0.39, 0.29) is 12.1 Å². The van der Waals surface area contributed by atoms with Gasteiger partial charge in [-0.25, -0.2) is 14.0 Å². The molecule has 40 heavy (non-hydrogen) atoms. The molecule has 0 bridgehead atoms. The average Bonchev–Trinajstić information content (AvgIpc) is 2.95. The Kier molecular flexibility index (Phi) is 9.08. The Bertz CT molecular complexity index is 1340. The zero-order chi connectivity index (χ0) is 28.7. The number of hydrogen-bond acceptors (Lipinski definition) is 3. The molecular formula is C30H30F3N3O4. The second kappa shape index (κ2) is 12.7. The molecule has 3 aromatic carbocycles. The molecule has 0 aromatic heterocycles. The molecule has 3 amide bonds. The number of aliphatic carboxylic acids is 1. The molecule has 1 aliphatic rings. The van der Waals surface area contributed by atoms with Crippen LogP contribution in [-0.4, -0.2) is 35.5 Å². The fraction of sp³-hybridized carbons (Fsp3) is 0.300. The molecule has 0 saturated heterocycles. The molecule has 4 rings (SSSR count). The third-order valence-corrected chi connectivity index (χ3v) is 6.94. The molecule has 0 spiro atoms. The van der Waals surface area contributed by atoms with Crippen LogP contribution in [0.4, 0.5) is 29.3 Å². The van der Waals surface area contributed by atoms with Gasteiger partial charge in [0.05, 0.1) is 13.1 Å². The Labute approximate surface area is 230 Å². The zero-order valence-electron chi connectivity index (χ0n) is 21.7. The maximum Gasteiger partial charge on any atom is 0.376 e. The van der Waals surface area contributed by atoms with Gasteiger partial charge < -0.3 is 15.7 Å². The van der Waals surface area contributed by atoms with Crippen LogP contribution >= 0.6 is 0 Å². The molecule has 1 saturated carbocycles. The number of carbonyl (C=O) groups is 3. The maximum absolute atomic E-state index is 13.7. The number of halogens is 3. The van der Waals surface area contributed by atoms with Crippen LogP contribution in [0, 0.1) is 5.82 Å². The standard InChI is InChI=1S/C30H30F3N3O4/c31-24-7-4-8-25(17-24)35-29(40)36(26-15-13-22(14-16-26)21-5-2-1-3-6-21)18-20-9-11-23(12-10-20)27(37)34-19-30(32,33)28(38)39/h4,7-17,21H,1-3,5-6,18-19H2,(H,34,37)(H,35,40)(H,38,39). The molecule has 0 unspecified atom stereocenters. The lowest BCUT2D eigenvalue weighted by Crippen LogP contribution is -2.42. The second-order valence-electron chi connectivity index (χ2n) is 9.84. The van der Waals surface area contributed by atoms with Crippen LogP contribution in [0.15, 0.2) is 72.8 Å². The van der Waals surface area contributed by atoms with Crippen molar-refractivity contribution in [2.45, 2.75) is 50.5 Å². The van der Waals surface area contributed by atoms with Crippen LogP contribution in [0.25, 0.3) is 0 Å². The lowest BCUT2D eigenvalue weighted by molar-refractivity contribution is -0.163. The van der Waals surface area contributed by atoms with Crippen LogP contribution < -0.4 is 15.5 Å². The van der Waals surface area contributed by atoms with Crippen LogP contribution in [0.3, 0.4) is 0 Å². The number of anilines is 2. The van der Waals surface area contributed by atoms with Gasteiger partial charge in [0, 0.05) is 16.9 Å². The summed E-state index contributed by atoms with van der Waals surface area (Å²) in [6.45, 7) is -1.24. The number of benzene rings is 3. The van der Waals surface area contributed by atoms with Gasteiger partial charge in [-0.1, -0.05) is 49.6 Å². The third-order valence-electron chi connectivity index (χ3n) is 6.94. The first-order valence-corrected chi connectivity index (χ1v) is 13.0. The average molecular weight is 554 g/mol. The van der Waals surface area contributed by atoms with Gasteiger partial charge in [0.25, 0.3) is 5.91 Å². The Balaban J connectivity index is 1.51. The Morgan fingerprint density at radius 2 is 1.60 bits per heavy atom. The van der Waals surface area contributed by atoms with Gasteiger partial charge in [0.1, 0.15) is 5.82 Å². The largest absolute Gasteiger partial charge is 0.477 e. The van der Waals surface area contributed by atoms with E-state index in [0.29, 0.717) is 22.9 Å². The number of nitrogens with one attached hydrogen (secondary N) is 2. The molecule has 210 valence electrons. The lowest BCUT2D eigenvalue weighted by atomic mass is 9.84. The van der Waals surface area contributed by atoms with Gasteiger partial charge >= 0.3 is 17.9 Å². The maximum atomic E-state index is 13.7. The smallest absolute Gasteiger partial charge is 0.376 e. The molecular weight excluding hydrogens is 523 g/mol. The summed E-state index contributed by atoms with van der Waals surface area (Å²) in [6.07, 6.45) is 5.92. The SMILES string of the molecule is O=C(NCC(F)(F)C(=O)O)c1ccc(CN(C(=O)Nc2cccc(F)c2)c2ccc(C3CCCCC3)cc2)cc1. The van der Waals surface area contributed by atoms with E-state index in [1.54, 1.807) is 18.2 Å². The van der Waals surface area contributed by atoms with Crippen molar-refractivity contribution in [2.24, 2.45) is 0 Å². The summed E-state index contributed by atoms with van der Waals surface area (Å²) < 4.78 is 40.3. The van der Waals surface area contributed by atoms with E-state index in [1.807, 2.05) is 29.6 Å². The minimum atomic E-state index is -4.09. The summed E-state index contributed by atoms with van der Waals surface area (Å²) >= 11 is 0. The Hall–Kier alpha value is -4.34. The molecule has 0 atom stereocenters. The summed E-state index contributed by atoms with van der Waals surface area (Å²) in [4.78, 5) is 37.6. The van der Waals surface area contributed by atoms with E-state index in [1.165, 1.54) is 60.1 Å². The molecule has 0 aliphatic heterocycles. The number of hydrogen-bond donors (Lipinski definition) is 3. The molecule has 3 aromatic rings. The van der Waals surface area contributed by atoms with Gasteiger partial charge in [-0.2, -0.15) is 8.78 Å². The van der Waals surface area contributed by atoms with Crippen molar-refractivity contribution in [2.75, 3.05) is 16.8 Å². The van der Waals surface area contributed by atoms with Crippen molar-refractivity contribution in [3.05, 3.63) is 95.3 Å². The van der Waals surface area contributed by atoms with Gasteiger partial charge in [-0.05, 0) is 72.4 Å². The number of carbonyl (C=O) groups excluding carboxylic acids is 2. The summed E-state index contributed by atoms with van der Waals surface area (Å²) in [7, 11) is 0. The summed E-state index contributed by atoms with van der Waals surface area (Å²) in [6, 6.07) is 18.8. The molecule has 0 radical (unpaired) electrons. The highest BCUT2D eigenvalue weighted by Gasteiger charge is 2.39. The van der Waals surface area contributed by atoms with E-state index in [0.717, 1.165) is 12.8 Å². The number of urea groups is 1. The highest BCUT2D eigenvalue weighted by Crippen LogP contribution is 2.33. The van der Waals surface area contributed by atoms with Crippen molar-refractivity contribution < 1.29 is 32.7 Å². The summed E-state index contributed by atoms with van der Waals surface area (Å²) in [5, 5.41) is 13.1. The number of nitrogens with zero attached hydrogens (tertiary/aromatic N) is 1. The Morgan fingerprint density at radius 3 is 2.23 bits per heavy atom. The van der Waals surface area contributed by atoms with Crippen molar-refractivity contribution >= 4 is 29.3 Å². The first-order valence-electron chi connectivity index (χ1n) is 13.0. The number of rotatable bonds is 9. The third kappa shape index (κ3) is 7.40. The van der Waals surface area contributed by atoms with Crippen molar-refractivity contribution in [1.82, 2.24) is 5.32 Å². The number of carboxylic acid groups (broad SMARTS) is 1. The van der Waals surface area contributed by atoms with Gasteiger partial charge in [0.2, 0.25) is 0 Å². The predicted molar refractivity (Wildman–Crippen MR) is 145 cm³/mol. The van der Waals surface area contributed by atoms with E-state index in [9.17, 15) is 27.6 Å². The van der Waals surface area contributed by atoms with Crippen molar-refractivity contribution in [3.63, 3.8) is 0 Å². The van der Waals surface area contributed by atoms with Crippen LogP contribution in [-0.2, 0) is 11.3 Å². The molecule has 3 N–H and O–H groups in total. The Morgan fingerprint density at radius 1 is 0.925 bits per heavy atom. The second-order valence-corrected chi connectivity index (χ2v) is 9.84. The molecule has 10 heteroatoms. The van der Waals surface area contributed by atoms with Crippen molar-refractivity contribution in [1.29, 1.82) is 0 Å². The quantitative estimate of drug-likeness (QED) is 0.279. The van der Waals surface area contributed by atoms with Crippen LogP contribution in [0.1, 0.15) is 59.5 Å². The topological polar surface area (TPSA) is 98.7 Å². The predicted octanol–water partition coefficient (Wildman–Crippen LogP) is 6.56. The lowest BCUT2D eigenvalue weighted by Gasteiger charge is -2.26. The summed E-state index contributed by atoms with van der Waals surface area (Å²) in [5.41, 5.74) is 2.82. The zero-order valence-corrected chi connectivity index (χ0v) is 21.7. The van der Waals surface area contributed by atoms with Crippen LogP contribution in [0.5, 0.6) is 0 Å². The van der Waals surface area contributed by atoms with E-state index in [2.05, 4.69) is 5.32 Å². The molecule has 1 aliphatic carbocycles. The highest BCUT2D eigenvalue weighted by atomic mass is 19.3. The van der Waals surface area contributed by atoms with Gasteiger partial charge in [-0.15, -0.1) is 0 Å². The highest BCUT2D eigenvalue weighted by molar-refractivity contribution is 6.01. The molecule has 1 fully saturated rings. The summed E-state index contributed by atoms with van der Waals surface area (Å²) in [5.74, 6) is -7.27. The first kappa shape index (κ1) is 28.7. The minimum Gasteiger partial charge on any atom is -0.477 e.